The minimum Gasteiger partial charge on any atom is -0.497 e. The number of rotatable bonds is 9. The number of hydrogen-bond donors (Lipinski definition) is 2. The fourth-order valence-corrected chi connectivity index (χ4v) is 4.56. The van der Waals surface area contributed by atoms with Gasteiger partial charge in [-0.3, -0.25) is 0 Å². The molecular weight excluding hydrogens is 456 g/mol. The van der Waals surface area contributed by atoms with Crippen molar-refractivity contribution in [3.05, 3.63) is 119 Å². The lowest BCUT2D eigenvalue weighted by atomic mass is 9.66. The van der Waals surface area contributed by atoms with Gasteiger partial charge in [0.1, 0.15) is 23.0 Å². The summed E-state index contributed by atoms with van der Waals surface area (Å²) in [5.41, 5.74) is -2.33. The second kappa shape index (κ2) is 10.3. The van der Waals surface area contributed by atoms with Gasteiger partial charge in [0.05, 0.1) is 28.4 Å². The number of ether oxygens (including phenoxy) is 4. The molecule has 0 aromatic heterocycles. The zero-order valence-electron chi connectivity index (χ0n) is 20.8. The van der Waals surface area contributed by atoms with E-state index in [4.69, 9.17) is 18.9 Å². The molecule has 0 aliphatic heterocycles. The van der Waals surface area contributed by atoms with Gasteiger partial charge in [-0.1, -0.05) is 48.5 Å². The summed E-state index contributed by atoms with van der Waals surface area (Å²) in [4.78, 5) is 0. The molecule has 36 heavy (non-hydrogen) atoms. The Morgan fingerprint density at radius 2 is 0.639 bits per heavy atom. The Labute approximate surface area is 211 Å². The van der Waals surface area contributed by atoms with Crippen molar-refractivity contribution in [3.8, 4) is 23.0 Å². The molecule has 4 rings (SSSR count). The third-order valence-electron chi connectivity index (χ3n) is 6.47. The minimum absolute atomic E-state index is 0.420. The summed E-state index contributed by atoms with van der Waals surface area (Å²) in [6.45, 7) is 0. The highest BCUT2D eigenvalue weighted by molar-refractivity contribution is 5.54. The highest BCUT2D eigenvalue weighted by atomic mass is 16.5. The lowest BCUT2D eigenvalue weighted by molar-refractivity contribution is -0.113. The Bertz CT molecular complexity index is 1130. The molecule has 0 aliphatic rings. The molecular formula is C30H30O6. The van der Waals surface area contributed by atoms with Gasteiger partial charge >= 0.3 is 0 Å². The summed E-state index contributed by atoms with van der Waals surface area (Å²) in [6, 6.07) is 28.1. The first-order valence-electron chi connectivity index (χ1n) is 11.4. The Kier molecular flexibility index (Phi) is 7.20. The number of hydrogen-bond acceptors (Lipinski definition) is 6. The topological polar surface area (TPSA) is 77.4 Å². The monoisotopic (exact) mass is 486 g/mol. The molecule has 0 bridgehead atoms. The van der Waals surface area contributed by atoms with Crippen LogP contribution >= 0.6 is 0 Å². The maximum atomic E-state index is 12.9. The van der Waals surface area contributed by atoms with E-state index in [0.717, 1.165) is 0 Å². The molecule has 0 radical (unpaired) electrons. The largest absolute Gasteiger partial charge is 0.497 e. The SMILES string of the molecule is COc1cccc(C(O)(c2cccc(OC)c2)C(O)(c2cccc(OC)c2)c2cccc(OC)c2)c1. The van der Waals surface area contributed by atoms with Gasteiger partial charge in [-0.15, -0.1) is 0 Å². The maximum Gasteiger partial charge on any atom is 0.152 e. The normalized spacial score (nSPS) is 11.6. The van der Waals surface area contributed by atoms with Crippen LogP contribution in [-0.2, 0) is 11.2 Å². The molecule has 0 spiro atoms. The van der Waals surface area contributed by atoms with Crippen LogP contribution < -0.4 is 18.9 Å². The van der Waals surface area contributed by atoms with Gasteiger partial charge in [0.25, 0.3) is 0 Å². The van der Waals surface area contributed by atoms with E-state index in [1.54, 1.807) is 126 Å². The summed E-state index contributed by atoms with van der Waals surface area (Å²) >= 11 is 0. The minimum atomic E-state index is -2.01. The predicted octanol–water partition coefficient (Wildman–Crippen LogP) is 4.89. The van der Waals surface area contributed by atoms with Crippen LogP contribution in [0.4, 0.5) is 0 Å². The smallest absolute Gasteiger partial charge is 0.152 e. The summed E-state index contributed by atoms with van der Waals surface area (Å²) in [7, 11) is 6.22. The van der Waals surface area contributed by atoms with E-state index in [-0.39, 0.29) is 0 Å². The fourth-order valence-electron chi connectivity index (χ4n) is 4.56. The van der Waals surface area contributed by atoms with Crippen molar-refractivity contribution in [1.82, 2.24) is 0 Å². The number of methoxy groups -OCH3 is 4. The van der Waals surface area contributed by atoms with E-state index in [1.807, 2.05) is 0 Å². The van der Waals surface area contributed by atoms with Gasteiger partial charge in [-0.25, -0.2) is 0 Å². The van der Waals surface area contributed by atoms with E-state index < -0.39 is 11.2 Å². The first kappa shape index (κ1) is 25.1. The molecule has 0 saturated carbocycles. The predicted molar refractivity (Wildman–Crippen MR) is 138 cm³/mol. The molecule has 4 aromatic carbocycles. The van der Waals surface area contributed by atoms with Crippen molar-refractivity contribution in [3.63, 3.8) is 0 Å². The highest BCUT2D eigenvalue weighted by Gasteiger charge is 2.54. The van der Waals surface area contributed by atoms with Gasteiger partial charge in [0, 0.05) is 0 Å². The van der Waals surface area contributed by atoms with Crippen LogP contribution in [0.15, 0.2) is 97.1 Å². The van der Waals surface area contributed by atoms with E-state index in [0.29, 0.717) is 45.3 Å². The molecule has 2 N–H and O–H groups in total. The summed E-state index contributed by atoms with van der Waals surface area (Å²) in [6.07, 6.45) is 0. The first-order chi connectivity index (χ1) is 17.4. The third-order valence-corrected chi connectivity index (χ3v) is 6.47. The second-order valence-electron chi connectivity index (χ2n) is 8.35. The Hall–Kier alpha value is -4.00. The molecule has 0 saturated heterocycles. The molecule has 0 aliphatic carbocycles. The third kappa shape index (κ3) is 4.26. The van der Waals surface area contributed by atoms with Gasteiger partial charge in [0.2, 0.25) is 0 Å². The van der Waals surface area contributed by atoms with Gasteiger partial charge < -0.3 is 29.2 Å². The van der Waals surface area contributed by atoms with E-state index in [9.17, 15) is 10.2 Å². The molecule has 0 atom stereocenters. The Balaban J connectivity index is 2.14. The van der Waals surface area contributed by atoms with Crippen LogP contribution in [0.25, 0.3) is 0 Å². The summed E-state index contributed by atoms with van der Waals surface area (Å²) < 4.78 is 21.9. The summed E-state index contributed by atoms with van der Waals surface area (Å²) in [5, 5.41) is 25.8. The van der Waals surface area contributed by atoms with Crippen LogP contribution in [-0.4, -0.2) is 38.7 Å². The lowest BCUT2D eigenvalue weighted by Crippen LogP contribution is -2.51. The highest BCUT2D eigenvalue weighted by Crippen LogP contribution is 2.51. The van der Waals surface area contributed by atoms with Gasteiger partial charge in [-0.05, 0) is 70.8 Å². The second-order valence-corrected chi connectivity index (χ2v) is 8.35. The van der Waals surface area contributed by atoms with Gasteiger partial charge in [0.15, 0.2) is 11.2 Å². The van der Waals surface area contributed by atoms with Gasteiger partial charge in [-0.2, -0.15) is 0 Å². The summed E-state index contributed by atoms with van der Waals surface area (Å²) in [5.74, 6) is 2.14. The van der Waals surface area contributed by atoms with Crippen molar-refractivity contribution in [2.75, 3.05) is 28.4 Å². The number of aliphatic hydroxyl groups is 2. The van der Waals surface area contributed by atoms with Crippen LogP contribution in [0.3, 0.4) is 0 Å². The standard InChI is InChI=1S/C30H30O6/c1-33-25-13-5-9-21(17-25)29(31,22-10-6-14-26(18-22)34-2)30(32,23-11-7-15-27(19-23)35-3)24-12-8-16-28(20-24)36-4/h5-20,31-32H,1-4H3. The maximum absolute atomic E-state index is 12.9. The molecule has 6 nitrogen and oxygen atoms in total. The fraction of sp³-hybridized carbons (Fsp3) is 0.200. The Morgan fingerprint density at radius 1 is 0.417 bits per heavy atom. The average molecular weight is 487 g/mol. The molecule has 0 fully saturated rings. The van der Waals surface area contributed by atoms with Crippen molar-refractivity contribution in [1.29, 1.82) is 0 Å². The first-order valence-corrected chi connectivity index (χ1v) is 11.4. The zero-order valence-corrected chi connectivity index (χ0v) is 20.8. The quantitative estimate of drug-likeness (QED) is 0.351. The lowest BCUT2D eigenvalue weighted by Gasteiger charge is -2.45. The van der Waals surface area contributed by atoms with Crippen molar-refractivity contribution < 1.29 is 29.2 Å². The van der Waals surface area contributed by atoms with Crippen molar-refractivity contribution in [2.45, 2.75) is 11.2 Å². The van der Waals surface area contributed by atoms with Crippen LogP contribution in [0.5, 0.6) is 23.0 Å². The van der Waals surface area contributed by atoms with Crippen LogP contribution in [0.1, 0.15) is 22.3 Å². The average Bonchev–Trinajstić information content (AvgIpc) is 2.96. The zero-order chi connectivity index (χ0) is 25.8. The van der Waals surface area contributed by atoms with E-state index in [2.05, 4.69) is 0 Å². The van der Waals surface area contributed by atoms with E-state index >= 15 is 0 Å². The molecule has 6 heteroatoms. The molecule has 0 heterocycles. The van der Waals surface area contributed by atoms with Crippen molar-refractivity contribution >= 4 is 0 Å². The van der Waals surface area contributed by atoms with E-state index in [1.165, 1.54) is 0 Å². The van der Waals surface area contributed by atoms with Crippen molar-refractivity contribution in [2.24, 2.45) is 0 Å². The molecule has 0 unspecified atom stereocenters. The van der Waals surface area contributed by atoms with Crippen LogP contribution in [0.2, 0.25) is 0 Å². The molecule has 0 amide bonds. The van der Waals surface area contributed by atoms with Crippen LogP contribution in [0, 0.1) is 0 Å². The number of benzene rings is 4. The molecule has 186 valence electrons. The Morgan fingerprint density at radius 3 is 0.833 bits per heavy atom. The molecule has 4 aromatic rings.